The van der Waals surface area contributed by atoms with Crippen LogP contribution >= 0.6 is 23.2 Å². The molecule has 0 bridgehead atoms. The number of carbonyl (C=O) groups excluding carboxylic acids is 1. The number of nitrogens with two attached hydrogens (primary N) is 1. The number of furan rings is 1. The van der Waals surface area contributed by atoms with Gasteiger partial charge in [-0.3, -0.25) is 4.79 Å². The van der Waals surface area contributed by atoms with Crippen molar-refractivity contribution in [1.29, 1.82) is 0 Å². The summed E-state index contributed by atoms with van der Waals surface area (Å²) < 4.78 is 10.1. The molecule has 1 aromatic carbocycles. The number of halogens is 2. The van der Waals surface area contributed by atoms with E-state index in [1.54, 1.807) is 24.3 Å². The number of carbonyl (C=O) groups is 1. The third-order valence-corrected chi connectivity index (χ3v) is 4.49. The van der Waals surface area contributed by atoms with Crippen molar-refractivity contribution >= 4 is 40.6 Å². The molecule has 1 amide bonds. The van der Waals surface area contributed by atoms with Crippen molar-refractivity contribution in [3.05, 3.63) is 63.7 Å². The third-order valence-electron chi connectivity index (χ3n) is 3.94. The van der Waals surface area contributed by atoms with Gasteiger partial charge in [-0.15, -0.1) is 0 Å². The van der Waals surface area contributed by atoms with Crippen LogP contribution in [0.5, 0.6) is 0 Å². The fourth-order valence-electron chi connectivity index (χ4n) is 2.73. The highest BCUT2D eigenvalue weighted by atomic mass is 35.5. The number of nitrogens with zero attached hydrogens (tertiary/aromatic N) is 4. The number of aromatic nitrogens is 2. The third kappa shape index (κ3) is 2.83. The summed E-state index contributed by atoms with van der Waals surface area (Å²) in [5.41, 5.74) is 6.77. The molecule has 132 valence electrons. The Morgan fingerprint density at radius 3 is 2.77 bits per heavy atom. The minimum atomic E-state index is -0.477. The van der Waals surface area contributed by atoms with E-state index in [9.17, 15) is 4.79 Å². The molecule has 0 saturated heterocycles. The molecule has 0 radical (unpaired) electrons. The van der Waals surface area contributed by atoms with Gasteiger partial charge in [-0.1, -0.05) is 23.2 Å². The SMILES string of the molecule is Nc1nonc1C1=NN(C(=O)c2ccc(Cl)cc2Cl)C(c2ccco2)C1. The van der Waals surface area contributed by atoms with E-state index >= 15 is 0 Å². The second-order valence-electron chi connectivity index (χ2n) is 5.55. The van der Waals surface area contributed by atoms with Crippen molar-refractivity contribution in [2.24, 2.45) is 5.10 Å². The van der Waals surface area contributed by atoms with Crippen LogP contribution in [0.25, 0.3) is 0 Å². The average molecular weight is 392 g/mol. The minimum Gasteiger partial charge on any atom is -0.467 e. The number of hydrazone groups is 1. The van der Waals surface area contributed by atoms with Gasteiger partial charge in [-0.25, -0.2) is 9.64 Å². The molecule has 26 heavy (non-hydrogen) atoms. The fraction of sp³-hybridized carbons (Fsp3) is 0.125. The van der Waals surface area contributed by atoms with E-state index in [2.05, 4.69) is 20.0 Å². The second-order valence-corrected chi connectivity index (χ2v) is 6.40. The smallest absolute Gasteiger partial charge is 0.276 e. The summed E-state index contributed by atoms with van der Waals surface area (Å²) in [6.07, 6.45) is 1.86. The molecule has 0 fully saturated rings. The van der Waals surface area contributed by atoms with Gasteiger partial charge in [0.05, 0.1) is 22.6 Å². The van der Waals surface area contributed by atoms with E-state index in [1.807, 2.05) is 0 Å². The van der Waals surface area contributed by atoms with Crippen molar-refractivity contribution in [2.75, 3.05) is 5.73 Å². The van der Waals surface area contributed by atoms with E-state index in [0.717, 1.165) is 0 Å². The van der Waals surface area contributed by atoms with Crippen LogP contribution < -0.4 is 5.73 Å². The van der Waals surface area contributed by atoms with Gasteiger partial charge in [-0.05, 0) is 40.6 Å². The lowest BCUT2D eigenvalue weighted by molar-refractivity contribution is 0.0693. The Morgan fingerprint density at radius 1 is 1.27 bits per heavy atom. The van der Waals surface area contributed by atoms with Crippen molar-refractivity contribution in [2.45, 2.75) is 12.5 Å². The van der Waals surface area contributed by atoms with Crippen LogP contribution in [0.3, 0.4) is 0 Å². The van der Waals surface area contributed by atoms with E-state index in [1.165, 1.54) is 17.3 Å². The monoisotopic (exact) mass is 391 g/mol. The van der Waals surface area contributed by atoms with Crippen LogP contribution in [0.1, 0.15) is 34.3 Å². The van der Waals surface area contributed by atoms with Crippen molar-refractivity contribution in [3.8, 4) is 0 Å². The summed E-state index contributed by atoms with van der Waals surface area (Å²) in [5.74, 6) is 0.260. The Balaban J connectivity index is 1.75. The number of benzene rings is 1. The van der Waals surface area contributed by atoms with Crippen molar-refractivity contribution in [1.82, 2.24) is 15.3 Å². The molecule has 2 aromatic heterocycles. The molecular formula is C16H11Cl2N5O3. The second kappa shape index (κ2) is 6.47. The van der Waals surface area contributed by atoms with Gasteiger partial charge in [0, 0.05) is 11.4 Å². The molecule has 10 heteroatoms. The Kier molecular flexibility index (Phi) is 4.14. The number of rotatable bonds is 3. The first-order valence-electron chi connectivity index (χ1n) is 7.52. The van der Waals surface area contributed by atoms with Crippen LogP contribution in [0.15, 0.2) is 50.7 Å². The topological polar surface area (TPSA) is 111 Å². The van der Waals surface area contributed by atoms with E-state index < -0.39 is 11.9 Å². The number of anilines is 1. The predicted octanol–water partition coefficient (Wildman–Crippen LogP) is 3.54. The maximum absolute atomic E-state index is 13.0. The molecule has 3 heterocycles. The summed E-state index contributed by atoms with van der Waals surface area (Å²) in [7, 11) is 0. The van der Waals surface area contributed by atoms with Crippen LogP contribution in [0, 0.1) is 0 Å². The normalized spacial score (nSPS) is 16.8. The summed E-state index contributed by atoms with van der Waals surface area (Å²) in [6, 6.07) is 7.65. The highest BCUT2D eigenvalue weighted by molar-refractivity contribution is 6.36. The van der Waals surface area contributed by atoms with Crippen molar-refractivity contribution < 1.29 is 13.8 Å². The molecule has 8 nitrogen and oxygen atoms in total. The largest absolute Gasteiger partial charge is 0.467 e. The lowest BCUT2D eigenvalue weighted by Gasteiger charge is -2.20. The van der Waals surface area contributed by atoms with Gasteiger partial charge in [-0.2, -0.15) is 5.10 Å². The Morgan fingerprint density at radius 2 is 2.12 bits per heavy atom. The number of amides is 1. The van der Waals surface area contributed by atoms with E-state index in [4.69, 9.17) is 33.4 Å². The minimum absolute atomic E-state index is 0.0979. The molecule has 1 unspecified atom stereocenters. The average Bonchev–Trinajstić information content (AvgIpc) is 3.34. The fourth-order valence-corrected chi connectivity index (χ4v) is 3.21. The quantitative estimate of drug-likeness (QED) is 0.730. The zero-order valence-corrected chi connectivity index (χ0v) is 14.6. The Hall–Kier alpha value is -2.84. The number of nitrogen functional groups attached to an aromatic ring is 1. The molecular weight excluding hydrogens is 381 g/mol. The standard InChI is InChI=1S/C16H11Cl2N5O3/c17-8-3-4-9(10(18)6-8)16(24)23-12(13-2-1-5-25-13)7-11(20-23)14-15(19)22-26-21-14/h1-6,12H,7H2,(H2,19,22). The van der Waals surface area contributed by atoms with E-state index in [0.29, 0.717) is 28.6 Å². The molecule has 0 aliphatic carbocycles. The number of hydrogen-bond acceptors (Lipinski definition) is 7. The highest BCUT2D eigenvalue weighted by Crippen LogP contribution is 2.35. The van der Waals surface area contributed by atoms with Crippen LogP contribution in [0.4, 0.5) is 5.82 Å². The summed E-state index contributed by atoms with van der Waals surface area (Å²) in [6.45, 7) is 0. The van der Waals surface area contributed by atoms with Gasteiger partial charge >= 0.3 is 0 Å². The molecule has 0 saturated carbocycles. The predicted molar refractivity (Wildman–Crippen MR) is 93.9 cm³/mol. The van der Waals surface area contributed by atoms with Gasteiger partial charge in [0.25, 0.3) is 5.91 Å². The first-order valence-corrected chi connectivity index (χ1v) is 8.28. The van der Waals surface area contributed by atoms with Crippen LogP contribution in [-0.2, 0) is 0 Å². The highest BCUT2D eigenvalue weighted by Gasteiger charge is 2.37. The van der Waals surface area contributed by atoms with Gasteiger partial charge in [0.1, 0.15) is 11.8 Å². The zero-order valence-electron chi connectivity index (χ0n) is 13.1. The van der Waals surface area contributed by atoms with Crippen molar-refractivity contribution in [3.63, 3.8) is 0 Å². The van der Waals surface area contributed by atoms with Gasteiger partial charge in [0.15, 0.2) is 11.5 Å². The Bertz CT molecular complexity index is 999. The molecule has 1 atom stereocenters. The van der Waals surface area contributed by atoms with E-state index in [-0.39, 0.29) is 16.4 Å². The zero-order chi connectivity index (χ0) is 18.3. The Labute approximate surface area is 157 Å². The summed E-state index contributed by atoms with van der Waals surface area (Å²) >= 11 is 12.1. The first kappa shape index (κ1) is 16.6. The molecule has 1 aliphatic heterocycles. The maximum atomic E-state index is 13.0. The first-order chi connectivity index (χ1) is 12.5. The molecule has 3 aromatic rings. The summed E-state index contributed by atoms with van der Waals surface area (Å²) in [5, 5.41) is 13.6. The molecule has 2 N–H and O–H groups in total. The van der Waals surface area contributed by atoms with Crippen LogP contribution in [0.2, 0.25) is 10.0 Å². The molecule has 1 aliphatic rings. The molecule has 0 spiro atoms. The van der Waals surface area contributed by atoms with Gasteiger partial charge < -0.3 is 10.2 Å². The number of hydrogen-bond donors (Lipinski definition) is 1. The molecule has 4 rings (SSSR count). The summed E-state index contributed by atoms with van der Waals surface area (Å²) in [4.78, 5) is 13.0. The lowest BCUT2D eigenvalue weighted by atomic mass is 10.1. The maximum Gasteiger partial charge on any atom is 0.276 e. The lowest BCUT2D eigenvalue weighted by Crippen LogP contribution is -2.27. The van der Waals surface area contributed by atoms with Gasteiger partial charge in [0.2, 0.25) is 0 Å². The van der Waals surface area contributed by atoms with Crippen LogP contribution in [-0.4, -0.2) is 26.9 Å².